The molecule has 0 radical (unpaired) electrons. The molecule has 2 rings (SSSR count). The molecule has 1 unspecified atom stereocenters. The van der Waals surface area contributed by atoms with Crippen LogP contribution in [0.3, 0.4) is 0 Å². The van der Waals surface area contributed by atoms with E-state index in [0.29, 0.717) is 5.92 Å². The van der Waals surface area contributed by atoms with Crippen LogP contribution in [0.15, 0.2) is 36.5 Å². The van der Waals surface area contributed by atoms with Crippen LogP contribution in [-0.4, -0.2) is 10.1 Å². The number of para-hydroxylation sites is 1. The van der Waals surface area contributed by atoms with Crippen LogP contribution >= 0.6 is 0 Å². The van der Waals surface area contributed by atoms with E-state index in [1.165, 1.54) is 0 Å². The molecule has 2 heteroatoms. The fraction of sp³-hybridized carbons (Fsp3) is 0.438. The van der Waals surface area contributed by atoms with Crippen molar-refractivity contribution in [1.82, 2.24) is 4.98 Å². The Morgan fingerprint density at radius 2 is 1.83 bits per heavy atom. The van der Waals surface area contributed by atoms with Gasteiger partial charge in [0.1, 0.15) is 0 Å². The fourth-order valence-electron chi connectivity index (χ4n) is 2.47. The molecule has 0 amide bonds. The van der Waals surface area contributed by atoms with E-state index in [9.17, 15) is 5.11 Å². The van der Waals surface area contributed by atoms with Crippen LogP contribution in [-0.2, 0) is 0 Å². The van der Waals surface area contributed by atoms with E-state index in [0.717, 1.165) is 35.7 Å². The summed E-state index contributed by atoms with van der Waals surface area (Å²) < 4.78 is 0. The van der Waals surface area contributed by atoms with Crippen molar-refractivity contribution in [3.63, 3.8) is 0 Å². The number of benzene rings is 1. The van der Waals surface area contributed by atoms with Crippen LogP contribution in [0.25, 0.3) is 10.9 Å². The van der Waals surface area contributed by atoms with Crippen molar-refractivity contribution < 1.29 is 5.11 Å². The van der Waals surface area contributed by atoms with Crippen LogP contribution < -0.4 is 0 Å². The van der Waals surface area contributed by atoms with Crippen molar-refractivity contribution in [2.75, 3.05) is 0 Å². The second-order valence-electron chi connectivity index (χ2n) is 4.85. The smallest absolute Gasteiger partial charge is 0.0799 e. The summed E-state index contributed by atoms with van der Waals surface area (Å²) in [5, 5.41) is 11.5. The maximum atomic E-state index is 10.4. The van der Waals surface area contributed by atoms with E-state index in [4.69, 9.17) is 0 Å². The highest BCUT2D eigenvalue weighted by Gasteiger charge is 2.15. The van der Waals surface area contributed by atoms with Crippen molar-refractivity contribution in [3.05, 3.63) is 42.1 Å². The van der Waals surface area contributed by atoms with Gasteiger partial charge < -0.3 is 5.11 Å². The van der Waals surface area contributed by atoms with Crippen LogP contribution in [0.2, 0.25) is 0 Å². The minimum absolute atomic E-state index is 0.386. The van der Waals surface area contributed by atoms with Gasteiger partial charge in [-0.3, -0.25) is 4.98 Å². The summed E-state index contributed by atoms with van der Waals surface area (Å²) in [6.07, 6.45) is 4.48. The van der Waals surface area contributed by atoms with Crippen LogP contribution in [0.1, 0.15) is 44.8 Å². The number of fused-ring (bicyclic) bond motifs is 1. The lowest BCUT2D eigenvalue weighted by Crippen LogP contribution is -2.06. The fourth-order valence-corrected chi connectivity index (χ4v) is 2.47. The molecule has 1 heterocycles. The summed E-state index contributed by atoms with van der Waals surface area (Å²) in [5.74, 6) is 0.590. The number of hydrogen-bond acceptors (Lipinski definition) is 2. The molecule has 18 heavy (non-hydrogen) atoms. The Hall–Kier alpha value is -1.41. The van der Waals surface area contributed by atoms with Gasteiger partial charge in [0, 0.05) is 11.6 Å². The van der Waals surface area contributed by atoms with Gasteiger partial charge >= 0.3 is 0 Å². The Bertz CT molecular complexity index is 500. The van der Waals surface area contributed by atoms with Crippen molar-refractivity contribution >= 4 is 10.9 Å². The number of hydrogen-bond donors (Lipinski definition) is 1. The highest BCUT2D eigenvalue weighted by molar-refractivity contribution is 5.82. The lowest BCUT2D eigenvalue weighted by molar-refractivity contribution is 0.142. The summed E-state index contributed by atoms with van der Waals surface area (Å²) >= 11 is 0. The Balaban J connectivity index is 2.30. The third-order valence-electron chi connectivity index (χ3n) is 3.75. The van der Waals surface area contributed by atoms with Gasteiger partial charge in [0.2, 0.25) is 0 Å². The van der Waals surface area contributed by atoms with E-state index < -0.39 is 0 Å². The summed E-state index contributed by atoms with van der Waals surface area (Å²) in [5.41, 5.74) is 1.96. The maximum absolute atomic E-state index is 10.4. The van der Waals surface area contributed by atoms with Crippen LogP contribution in [0.5, 0.6) is 0 Å². The molecule has 0 saturated carbocycles. The third kappa shape index (κ3) is 2.70. The molecule has 0 saturated heterocycles. The molecule has 0 fully saturated rings. The molecule has 96 valence electrons. The summed E-state index contributed by atoms with van der Waals surface area (Å²) in [7, 11) is 0. The molecule has 2 nitrogen and oxygen atoms in total. The Morgan fingerprint density at radius 1 is 1.11 bits per heavy atom. The first-order valence-corrected chi connectivity index (χ1v) is 6.78. The van der Waals surface area contributed by atoms with Gasteiger partial charge in [0.05, 0.1) is 11.6 Å². The summed E-state index contributed by atoms with van der Waals surface area (Å²) in [6.45, 7) is 4.37. The normalized spacial score (nSPS) is 13.1. The number of aliphatic hydroxyl groups is 1. The second kappa shape index (κ2) is 5.96. The van der Waals surface area contributed by atoms with E-state index in [-0.39, 0.29) is 6.10 Å². The summed E-state index contributed by atoms with van der Waals surface area (Å²) in [4.78, 5) is 4.33. The highest BCUT2D eigenvalue weighted by atomic mass is 16.3. The average molecular weight is 243 g/mol. The van der Waals surface area contributed by atoms with E-state index in [2.05, 4.69) is 18.8 Å². The predicted molar refractivity (Wildman–Crippen MR) is 75.4 cm³/mol. The molecule has 0 spiro atoms. The minimum atomic E-state index is -0.386. The van der Waals surface area contributed by atoms with Crippen molar-refractivity contribution in [2.24, 2.45) is 5.92 Å². The first-order valence-electron chi connectivity index (χ1n) is 6.78. The molecule has 0 aliphatic carbocycles. The molecular weight excluding hydrogens is 222 g/mol. The molecule has 0 aliphatic heterocycles. The van der Waals surface area contributed by atoms with Crippen molar-refractivity contribution in [1.29, 1.82) is 0 Å². The lowest BCUT2D eigenvalue weighted by atomic mass is 9.91. The van der Waals surface area contributed by atoms with Gasteiger partial charge in [0.25, 0.3) is 0 Å². The highest BCUT2D eigenvalue weighted by Crippen LogP contribution is 2.29. The number of nitrogens with zero attached hydrogens (tertiary/aromatic N) is 1. The molecule has 2 aromatic rings. The van der Waals surface area contributed by atoms with Crippen LogP contribution in [0, 0.1) is 5.92 Å². The van der Waals surface area contributed by atoms with Gasteiger partial charge in [-0.25, -0.2) is 0 Å². The first kappa shape index (κ1) is 13.0. The maximum Gasteiger partial charge on any atom is 0.0799 e. The number of aromatic nitrogens is 1. The van der Waals surface area contributed by atoms with Crippen molar-refractivity contribution in [2.45, 2.75) is 39.2 Å². The zero-order chi connectivity index (χ0) is 13.0. The minimum Gasteiger partial charge on any atom is -0.388 e. The Morgan fingerprint density at radius 3 is 2.56 bits per heavy atom. The van der Waals surface area contributed by atoms with Gasteiger partial charge in [0.15, 0.2) is 0 Å². The Kier molecular flexibility index (Phi) is 4.32. The number of rotatable bonds is 5. The van der Waals surface area contributed by atoms with E-state index >= 15 is 0 Å². The summed E-state index contributed by atoms with van der Waals surface area (Å²) in [6, 6.07) is 9.94. The van der Waals surface area contributed by atoms with Crippen LogP contribution in [0.4, 0.5) is 0 Å². The lowest BCUT2D eigenvalue weighted by Gasteiger charge is -2.18. The molecular formula is C16H21NO. The average Bonchev–Trinajstić information content (AvgIpc) is 2.43. The topological polar surface area (TPSA) is 33.1 Å². The predicted octanol–water partition coefficient (Wildman–Crippen LogP) is 4.09. The standard InChI is InChI=1S/C16H21NO/c1-3-12(4-2)11-16(18)14-9-10-17-15-8-6-5-7-13(14)15/h5-10,12,16,18H,3-4,11H2,1-2H3. The van der Waals surface area contributed by atoms with Gasteiger partial charge in [-0.15, -0.1) is 0 Å². The Labute approximate surface area is 109 Å². The molecule has 0 bridgehead atoms. The largest absolute Gasteiger partial charge is 0.388 e. The van der Waals surface area contributed by atoms with Crippen molar-refractivity contribution in [3.8, 4) is 0 Å². The van der Waals surface area contributed by atoms with Gasteiger partial charge in [-0.2, -0.15) is 0 Å². The molecule has 1 aromatic heterocycles. The molecule has 1 atom stereocenters. The second-order valence-corrected chi connectivity index (χ2v) is 4.85. The zero-order valence-corrected chi connectivity index (χ0v) is 11.1. The monoisotopic (exact) mass is 243 g/mol. The number of aliphatic hydroxyl groups excluding tert-OH is 1. The zero-order valence-electron chi connectivity index (χ0n) is 11.1. The number of pyridine rings is 1. The molecule has 1 aromatic carbocycles. The quantitative estimate of drug-likeness (QED) is 0.857. The third-order valence-corrected chi connectivity index (χ3v) is 3.75. The van der Waals surface area contributed by atoms with E-state index in [1.807, 2.05) is 30.3 Å². The van der Waals surface area contributed by atoms with Gasteiger partial charge in [-0.05, 0) is 30.0 Å². The molecule has 1 N–H and O–H groups in total. The first-order chi connectivity index (χ1) is 8.76. The molecule has 0 aliphatic rings. The SMILES string of the molecule is CCC(CC)CC(O)c1ccnc2ccccc12. The van der Waals surface area contributed by atoms with E-state index in [1.54, 1.807) is 6.20 Å². The van der Waals surface area contributed by atoms with Gasteiger partial charge in [-0.1, -0.05) is 44.9 Å².